The predicted octanol–water partition coefficient (Wildman–Crippen LogP) is 3.20. The van der Waals surface area contributed by atoms with E-state index in [9.17, 15) is 24.5 Å². The SMILES string of the molecule is CC(NC(=O)c1ccccc1Cl)C(=O)OCC(=O)Nc1ccc([N+](=O)[O-])cc1Cl. The molecule has 2 aromatic carbocycles. The molecule has 2 N–H and O–H groups in total. The summed E-state index contributed by atoms with van der Waals surface area (Å²) in [6, 6.07) is 8.78. The second-order valence-corrected chi connectivity index (χ2v) is 6.57. The number of hydrogen-bond acceptors (Lipinski definition) is 6. The lowest BCUT2D eigenvalue weighted by molar-refractivity contribution is -0.384. The monoisotopic (exact) mass is 439 g/mol. The van der Waals surface area contributed by atoms with Crippen LogP contribution in [0.4, 0.5) is 11.4 Å². The third kappa shape index (κ3) is 6.16. The van der Waals surface area contributed by atoms with Gasteiger partial charge in [-0.2, -0.15) is 0 Å². The number of nitro groups is 1. The number of non-ortho nitro benzene ring substituents is 1. The maximum atomic E-state index is 12.1. The van der Waals surface area contributed by atoms with Crippen LogP contribution in [0.15, 0.2) is 42.5 Å². The first-order valence-corrected chi connectivity index (χ1v) is 8.90. The number of rotatable bonds is 7. The van der Waals surface area contributed by atoms with Gasteiger partial charge in [0.15, 0.2) is 6.61 Å². The highest BCUT2D eigenvalue weighted by Gasteiger charge is 2.20. The van der Waals surface area contributed by atoms with Gasteiger partial charge in [0.1, 0.15) is 6.04 Å². The van der Waals surface area contributed by atoms with Crippen molar-refractivity contribution in [2.24, 2.45) is 0 Å². The van der Waals surface area contributed by atoms with E-state index in [0.717, 1.165) is 6.07 Å². The van der Waals surface area contributed by atoms with Gasteiger partial charge in [-0.25, -0.2) is 4.79 Å². The molecule has 152 valence electrons. The average molecular weight is 440 g/mol. The molecule has 11 heteroatoms. The van der Waals surface area contributed by atoms with Crippen molar-refractivity contribution in [3.05, 3.63) is 68.2 Å². The van der Waals surface area contributed by atoms with Crippen LogP contribution >= 0.6 is 23.2 Å². The minimum absolute atomic E-state index is 0.0424. The molecule has 0 aliphatic heterocycles. The maximum Gasteiger partial charge on any atom is 0.328 e. The van der Waals surface area contributed by atoms with Crippen LogP contribution in [0.2, 0.25) is 10.0 Å². The maximum absolute atomic E-state index is 12.1. The summed E-state index contributed by atoms with van der Waals surface area (Å²) in [7, 11) is 0. The highest BCUT2D eigenvalue weighted by Crippen LogP contribution is 2.26. The van der Waals surface area contributed by atoms with E-state index in [4.69, 9.17) is 27.9 Å². The Morgan fingerprint density at radius 2 is 1.83 bits per heavy atom. The van der Waals surface area contributed by atoms with Crippen LogP contribution in [0.25, 0.3) is 0 Å². The van der Waals surface area contributed by atoms with Gasteiger partial charge < -0.3 is 15.4 Å². The molecule has 0 bridgehead atoms. The third-order valence-corrected chi connectivity index (χ3v) is 4.25. The Morgan fingerprint density at radius 3 is 2.45 bits per heavy atom. The van der Waals surface area contributed by atoms with Crippen LogP contribution in [0.1, 0.15) is 17.3 Å². The van der Waals surface area contributed by atoms with E-state index >= 15 is 0 Å². The molecule has 0 radical (unpaired) electrons. The molecule has 9 nitrogen and oxygen atoms in total. The van der Waals surface area contributed by atoms with Crippen LogP contribution in [0, 0.1) is 10.1 Å². The number of nitrogens with zero attached hydrogens (tertiary/aromatic N) is 1. The van der Waals surface area contributed by atoms with E-state index in [2.05, 4.69) is 10.6 Å². The molecule has 2 rings (SSSR count). The molecular weight excluding hydrogens is 425 g/mol. The molecule has 0 fully saturated rings. The topological polar surface area (TPSA) is 128 Å². The van der Waals surface area contributed by atoms with E-state index in [1.165, 1.54) is 31.2 Å². The van der Waals surface area contributed by atoms with Gasteiger partial charge in [-0.1, -0.05) is 35.3 Å². The van der Waals surface area contributed by atoms with Crippen LogP contribution < -0.4 is 10.6 Å². The number of anilines is 1. The van der Waals surface area contributed by atoms with Gasteiger partial charge in [-0.15, -0.1) is 0 Å². The summed E-state index contributed by atoms with van der Waals surface area (Å²) >= 11 is 11.8. The van der Waals surface area contributed by atoms with Crippen molar-refractivity contribution >= 4 is 52.4 Å². The standard InChI is InChI=1S/C18H15Cl2N3O6/c1-10(21-17(25)12-4-2-3-5-13(12)19)18(26)29-9-16(24)22-15-7-6-11(23(27)28)8-14(15)20/h2-8,10H,9H2,1H3,(H,21,25)(H,22,24). The van der Waals surface area contributed by atoms with Gasteiger partial charge in [0.25, 0.3) is 17.5 Å². The molecule has 0 aromatic heterocycles. The second kappa shape index (κ2) is 9.85. The first kappa shape index (κ1) is 22.1. The van der Waals surface area contributed by atoms with E-state index < -0.39 is 35.4 Å². The van der Waals surface area contributed by atoms with Crippen molar-refractivity contribution in [2.45, 2.75) is 13.0 Å². The van der Waals surface area contributed by atoms with E-state index in [1.54, 1.807) is 12.1 Å². The molecule has 29 heavy (non-hydrogen) atoms. The summed E-state index contributed by atoms with van der Waals surface area (Å²) in [5.74, 6) is -2.11. The summed E-state index contributed by atoms with van der Waals surface area (Å²) in [5.41, 5.74) is 0.0836. The number of carbonyl (C=O) groups excluding carboxylic acids is 3. The number of carbonyl (C=O) groups is 3. The zero-order valence-corrected chi connectivity index (χ0v) is 16.5. The lowest BCUT2D eigenvalue weighted by Gasteiger charge is -2.14. The molecule has 0 heterocycles. The van der Waals surface area contributed by atoms with E-state index in [1.807, 2.05) is 0 Å². The van der Waals surface area contributed by atoms with Gasteiger partial charge in [0.05, 0.1) is 26.2 Å². The third-order valence-electron chi connectivity index (χ3n) is 3.60. The first-order chi connectivity index (χ1) is 13.7. The predicted molar refractivity (Wildman–Crippen MR) is 106 cm³/mol. The minimum Gasteiger partial charge on any atom is -0.454 e. The Kier molecular flexibility index (Phi) is 7.52. The highest BCUT2D eigenvalue weighted by molar-refractivity contribution is 6.34. The van der Waals surface area contributed by atoms with Gasteiger partial charge >= 0.3 is 5.97 Å². The molecule has 0 aliphatic rings. The summed E-state index contributed by atoms with van der Waals surface area (Å²) in [6.45, 7) is 0.751. The molecule has 0 saturated carbocycles. The Morgan fingerprint density at radius 1 is 1.14 bits per heavy atom. The van der Waals surface area contributed by atoms with Gasteiger partial charge in [-0.3, -0.25) is 19.7 Å². The molecule has 2 amide bonds. The molecule has 0 aliphatic carbocycles. The number of benzene rings is 2. The zero-order chi connectivity index (χ0) is 21.6. The zero-order valence-electron chi connectivity index (χ0n) is 15.0. The average Bonchev–Trinajstić information content (AvgIpc) is 2.67. The van der Waals surface area contributed by atoms with Gasteiger partial charge in [0, 0.05) is 12.1 Å². The summed E-state index contributed by atoms with van der Waals surface area (Å²) in [6.07, 6.45) is 0. The Hall–Kier alpha value is -3.17. The lowest BCUT2D eigenvalue weighted by Crippen LogP contribution is -2.40. The van der Waals surface area contributed by atoms with Crippen LogP contribution in [0.3, 0.4) is 0 Å². The fourth-order valence-electron chi connectivity index (χ4n) is 2.15. The quantitative estimate of drug-likeness (QED) is 0.387. The van der Waals surface area contributed by atoms with Crippen molar-refractivity contribution in [2.75, 3.05) is 11.9 Å². The normalized spacial score (nSPS) is 11.3. The highest BCUT2D eigenvalue weighted by atomic mass is 35.5. The Labute approximate surface area is 175 Å². The minimum atomic E-state index is -1.03. The number of halogens is 2. The second-order valence-electron chi connectivity index (χ2n) is 5.75. The van der Waals surface area contributed by atoms with E-state index in [-0.39, 0.29) is 27.0 Å². The van der Waals surface area contributed by atoms with Crippen molar-refractivity contribution < 1.29 is 24.0 Å². The molecule has 0 saturated heterocycles. The fourth-order valence-corrected chi connectivity index (χ4v) is 2.59. The Balaban J connectivity index is 1.86. The number of nitrogens with one attached hydrogen (secondary N) is 2. The Bertz CT molecular complexity index is 966. The fraction of sp³-hybridized carbons (Fsp3) is 0.167. The van der Waals surface area contributed by atoms with Crippen molar-refractivity contribution in [3.63, 3.8) is 0 Å². The summed E-state index contributed by atoms with van der Waals surface area (Å²) in [4.78, 5) is 46.1. The molecule has 1 unspecified atom stereocenters. The first-order valence-electron chi connectivity index (χ1n) is 8.15. The number of hydrogen-bond donors (Lipinski definition) is 2. The summed E-state index contributed by atoms with van der Waals surface area (Å²) in [5, 5.41) is 15.7. The van der Waals surface area contributed by atoms with Gasteiger partial charge in [0.2, 0.25) is 0 Å². The summed E-state index contributed by atoms with van der Waals surface area (Å²) < 4.78 is 4.86. The van der Waals surface area contributed by atoms with E-state index in [0.29, 0.717) is 0 Å². The van der Waals surface area contributed by atoms with Gasteiger partial charge in [-0.05, 0) is 25.1 Å². The number of ether oxygens (including phenoxy) is 1. The lowest BCUT2D eigenvalue weighted by atomic mass is 10.2. The molecule has 1 atom stereocenters. The van der Waals surface area contributed by atoms with Crippen molar-refractivity contribution in [1.29, 1.82) is 0 Å². The molecule has 2 aromatic rings. The number of nitro benzene ring substituents is 1. The molecule has 0 spiro atoms. The smallest absolute Gasteiger partial charge is 0.328 e. The van der Waals surface area contributed by atoms with Crippen molar-refractivity contribution in [3.8, 4) is 0 Å². The largest absolute Gasteiger partial charge is 0.454 e. The molecular formula is C18H15Cl2N3O6. The van der Waals surface area contributed by atoms with Crippen LogP contribution in [-0.2, 0) is 14.3 Å². The van der Waals surface area contributed by atoms with Crippen molar-refractivity contribution in [1.82, 2.24) is 5.32 Å². The van der Waals surface area contributed by atoms with Crippen LogP contribution in [0.5, 0.6) is 0 Å². The number of esters is 1. The number of amides is 2. The van der Waals surface area contributed by atoms with Crippen LogP contribution in [-0.4, -0.2) is 35.4 Å².